The zero-order valence-electron chi connectivity index (χ0n) is 11.8. The number of hydrogen-bond acceptors (Lipinski definition) is 2. The van der Waals surface area contributed by atoms with Gasteiger partial charge in [0.25, 0.3) is 0 Å². The van der Waals surface area contributed by atoms with Crippen LogP contribution < -0.4 is 0 Å². The molecule has 106 valence electrons. The van der Waals surface area contributed by atoms with Crippen LogP contribution in [0.3, 0.4) is 0 Å². The highest BCUT2D eigenvalue weighted by Gasteiger charge is 2.16. The molecule has 0 saturated carbocycles. The third kappa shape index (κ3) is 3.46. The van der Waals surface area contributed by atoms with Crippen LogP contribution in [0.4, 0.5) is 0 Å². The van der Waals surface area contributed by atoms with E-state index in [9.17, 15) is 8.42 Å². The molecule has 0 N–H and O–H groups in total. The minimum atomic E-state index is -3.33. The van der Waals surface area contributed by atoms with E-state index in [1.165, 1.54) is 9.87 Å². The van der Waals surface area contributed by atoms with Gasteiger partial charge in [-0.3, -0.25) is 0 Å². The van der Waals surface area contributed by atoms with Gasteiger partial charge < -0.3 is 0 Å². The Morgan fingerprint density at radius 1 is 0.800 bits per heavy atom. The van der Waals surface area contributed by atoms with Crippen molar-refractivity contribution in [2.24, 2.45) is 0 Å². The minimum absolute atomic E-state index is 0.339. The Morgan fingerprint density at radius 3 is 1.80 bits per heavy atom. The van der Waals surface area contributed by atoms with E-state index in [1.54, 1.807) is 26.2 Å². The second-order valence-electron chi connectivity index (χ2n) is 4.92. The first-order valence-corrected chi connectivity index (χ1v) is 7.99. The Kier molecular flexibility index (Phi) is 4.57. The standard InChI is InChI=1S/C16H19NO2S/c1-17(2)20(18,19)16-12-10-15(11-13-16)9-8-14-6-4-3-5-7-14/h3-7,10-13H,8-9H2,1-2H3. The van der Waals surface area contributed by atoms with Crippen molar-refractivity contribution in [2.45, 2.75) is 17.7 Å². The highest BCUT2D eigenvalue weighted by molar-refractivity contribution is 7.89. The molecular weight excluding hydrogens is 270 g/mol. The summed E-state index contributed by atoms with van der Waals surface area (Å²) in [6, 6.07) is 17.4. The summed E-state index contributed by atoms with van der Waals surface area (Å²) in [7, 11) is -0.247. The summed E-state index contributed by atoms with van der Waals surface area (Å²) in [6.45, 7) is 0. The SMILES string of the molecule is CN(C)S(=O)(=O)c1ccc(CCc2ccccc2)cc1. The van der Waals surface area contributed by atoms with Crippen LogP contribution in [0.2, 0.25) is 0 Å². The quantitative estimate of drug-likeness (QED) is 0.848. The van der Waals surface area contributed by atoms with Crippen molar-refractivity contribution in [1.82, 2.24) is 4.31 Å². The van der Waals surface area contributed by atoms with E-state index in [-0.39, 0.29) is 0 Å². The maximum Gasteiger partial charge on any atom is 0.242 e. The molecule has 2 aromatic carbocycles. The van der Waals surface area contributed by atoms with Crippen molar-refractivity contribution in [3.05, 3.63) is 65.7 Å². The molecule has 0 aromatic heterocycles. The summed E-state index contributed by atoms with van der Waals surface area (Å²) in [6.07, 6.45) is 1.87. The summed E-state index contributed by atoms with van der Waals surface area (Å²) in [5, 5.41) is 0. The molecule has 0 unspecified atom stereocenters. The van der Waals surface area contributed by atoms with E-state index in [0.29, 0.717) is 4.90 Å². The molecule has 20 heavy (non-hydrogen) atoms. The molecule has 0 saturated heterocycles. The van der Waals surface area contributed by atoms with Gasteiger partial charge >= 0.3 is 0 Å². The first-order chi connectivity index (χ1) is 9.50. The normalized spacial score (nSPS) is 11.8. The zero-order valence-corrected chi connectivity index (χ0v) is 12.6. The molecule has 0 heterocycles. The molecule has 0 amide bonds. The summed E-state index contributed by atoms with van der Waals surface area (Å²) < 4.78 is 25.1. The van der Waals surface area contributed by atoms with Crippen LogP contribution in [0.1, 0.15) is 11.1 Å². The van der Waals surface area contributed by atoms with Gasteiger partial charge in [0.2, 0.25) is 10.0 Å². The first-order valence-electron chi connectivity index (χ1n) is 6.55. The summed E-state index contributed by atoms with van der Waals surface area (Å²) in [5.74, 6) is 0. The fourth-order valence-electron chi connectivity index (χ4n) is 1.97. The summed E-state index contributed by atoms with van der Waals surface area (Å²) >= 11 is 0. The molecule has 0 aliphatic rings. The summed E-state index contributed by atoms with van der Waals surface area (Å²) in [4.78, 5) is 0.339. The predicted octanol–water partition coefficient (Wildman–Crippen LogP) is 2.72. The fourth-order valence-corrected chi connectivity index (χ4v) is 2.87. The van der Waals surface area contributed by atoms with E-state index in [4.69, 9.17) is 0 Å². The van der Waals surface area contributed by atoms with E-state index in [0.717, 1.165) is 18.4 Å². The molecule has 0 spiro atoms. The van der Waals surface area contributed by atoms with Gasteiger partial charge in [0.15, 0.2) is 0 Å². The number of hydrogen-bond donors (Lipinski definition) is 0. The van der Waals surface area contributed by atoms with Gasteiger partial charge in [-0.05, 0) is 36.1 Å². The lowest BCUT2D eigenvalue weighted by Crippen LogP contribution is -2.22. The Morgan fingerprint density at radius 2 is 1.30 bits per heavy atom. The van der Waals surface area contributed by atoms with Crippen molar-refractivity contribution in [3.63, 3.8) is 0 Å². The molecule has 0 radical (unpaired) electrons. The number of nitrogens with zero attached hydrogens (tertiary/aromatic N) is 1. The van der Waals surface area contributed by atoms with Crippen molar-refractivity contribution in [1.29, 1.82) is 0 Å². The van der Waals surface area contributed by atoms with Gasteiger partial charge in [-0.2, -0.15) is 0 Å². The molecule has 4 heteroatoms. The van der Waals surface area contributed by atoms with Crippen LogP contribution in [0.15, 0.2) is 59.5 Å². The topological polar surface area (TPSA) is 37.4 Å². The minimum Gasteiger partial charge on any atom is -0.207 e. The predicted molar refractivity (Wildman–Crippen MR) is 81.2 cm³/mol. The van der Waals surface area contributed by atoms with Crippen molar-refractivity contribution >= 4 is 10.0 Å². The third-order valence-electron chi connectivity index (χ3n) is 3.25. The molecule has 0 bridgehead atoms. The van der Waals surface area contributed by atoms with Crippen molar-refractivity contribution < 1.29 is 8.42 Å². The van der Waals surface area contributed by atoms with Crippen molar-refractivity contribution in [3.8, 4) is 0 Å². The van der Waals surface area contributed by atoms with E-state index < -0.39 is 10.0 Å². The average molecular weight is 289 g/mol. The van der Waals surface area contributed by atoms with Crippen LogP contribution in [0.25, 0.3) is 0 Å². The van der Waals surface area contributed by atoms with E-state index in [2.05, 4.69) is 12.1 Å². The third-order valence-corrected chi connectivity index (χ3v) is 5.08. The van der Waals surface area contributed by atoms with E-state index >= 15 is 0 Å². The molecule has 0 fully saturated rings. The zero-order chi connectivity index (χ0) is 14.6. The van der Waals surface area contributed by atoms with Crippen LogP contribution in [-0.4, -0.2) is 26.8 Å². The fraction of sp³-hybridized carbons (Fsp3) is 0.250. The number of benzene rings is 2. The maximum absolute atomic E-state index is 11.9. The molecule has 0 aliphatic carbocycles. The molecule has 0 aliphatic heterocycles. The van der Waals surface area contributed by atoms with Crippen LogP contribution in [-0.2, 0) is 22.9 Å². The van der Waals surface area contributed by atoms with Crippen molar-refractivity contribution in [2.75, 3.05) is 14.1 Å². The average Bonchev–Trinajstić information content (AvgIpc) is 2.46. The first kappa shape index (κ1) is 14.8. The lowest BCUT2D eigenvalue weighted by atomic mass is 10.0. The number of sulfonamides is 1. The van der Waals surface area contributed by atoms with Gasteiger partial charge in [-0.15, -0.1) is 0 Å². The smallest absolute Gasteiger partial charge is 0.207 e. The Balaban J connectivity index is 2.06. The highest BCUT2D eigenvalue weighted by atomic mass is 32.2. The van der Waals surface area contributed by atoms with E-state index in [1.807, 2.05) is 30.3 Å². The van der Waals surface area contributed by atoms with Crippen LogP contribution in [0, 0.1) is 0 Å². The molecular formula is C16H19NO2S. The Bertz CT molecular complexity index is 647. The van der Waals surface area contributed by atoms with Crippen LogP contribution in [0.5, 0.6) is 0 Å². The molecule has 0 atom stereocenters. The van der Waals surface area contributed by atoms with Gasteiger partial charge in [0.05, 0.1) is 4.90 Å². The second kappa shape index (κ2) is 6.20. The Hall–Kier alpha value is -1.65. The van der Waals surface area contributed by atoms with Gasteiger partial charge in [-0.25, -0.2) is 12.7 Å². The van der Waals surface area contributed by atoms with Gasteiger partial charge in [0, 0.05) is 14.1 Å². The van der Waals surface area contributed by atoms with Gasteiger partial charge in [-0.1, -0.05) is 42.5 Å². The monoisotopic (exact) mass is 289 g/mol. The van der Waals surface area contributed by atoms with Crippen LogP contribution >= 0.6 is 0 Å². The van der Waals surface area contributed by atoms with Gasteiger partial charge in [0.1, 0.15) is 0 Å². The lowest BCUT2D eigenvalue weighted by Gasteiger charge is -2.11. The number of aryl methyl sites for hydroxylation is 2. The lowest BCUT2D eigenvalue weighted by molar-refractivity contribution is 0.520. The second-order valence-corrected chi connectivity index (χ2v) is 7.07. The molecule has 2 aromatic rings. The summed E-state index contributed by atoms with van der Waals surface area (Å²) in [5.41, 5.74) is 2.43. The highest BCUT2D eigenvalue weighted by Crippen LogP contribution is 2.15. The maximum atomic E-state index is 11.9. The molecule has 2 rings (SSSR count). The largest absolute Gasteiger partial charge is 0.242 e. The molecule has 3 nitrogen and oxygen atoms in total. The Labute approximate surface area is 120 Å². The number of rotatable bonds is 5.